The van der Waals surface area contributed by atoms with E-state index in [1.54, 1.807) is 19.4 Å². The molecule has 0 aliphatic carbocycles. The number of hydrogen-bond acceptors (Lipinski definition) is 4. The van der Waals surface area contributed by atoms with Crippen molar-refractivity contribution >= 4 is 5.91 Å². The van der Waals surface area contributed by atoms with Crippen molar-refractivity contribution in [3.05, 3.63) is 29.6 Å². The summed E-state index contributed by atoms with van der Waals surface area (Å²) in [7, 11) is 1.69. The lowest BCUT2D eigenvalue weighted by Crippen LogP contribution is -2.30. The number of nitrogens with two attached hydrogens (primary N) is 1. The summed E-state index contributed by atoms with van der Waals surface area (Å²) in [5.41, 5.74) is 6.93. The summed E-state index contributed by atoms with van der Waals surface area (Å²) in [4.78, 5) is 18.2. The Kier molecular flexibility index (Phi) is 4.28. The third-order valence-corrected chi connectivity index (χ3v) is 3.25. The molecule has 0 radical (unpaired) electrons. The molecule has 1 unspecified atom stereocenters. The van der Waals surface area contributed by atoms with E-state index in [0.717, 1.165) is 25.1 Å². The first-order valence-corrected chi connectivity index (χ1v) is 6.17. The van der Waals surface area contributed by atoms with Crippen molar-refractivity contribution in [1.29, 1.82) is 0 Å². The lowest BCUT2D eigenvalue weighted by Gasteiger charge is -2.16. The molecule has 1 aliphatic heterocycles. The van der Waals surface area contributed by atoms with Crippen LogP contribution >= 0.6 is 0 Å². The van der Waals surface area contributed by atoms with Gasteiger partial charge < -0.3 is 15.4 Å². The summed E-state index contributed by atoms with van der Waals surface area (Å²) >= 11 is 0. The second kappa shape index (κ2) is 5.93. The minimum absolute atomic E-state index is 0.00262. The number of likely N-dealkylation sites (tertiary alicyclic amines) is 1. The first kappa shape index (κ1) is 13.0. The highest BCUT2D eigenvalue weighted by atomic mass is 16.5. The molecule has 0 saturated carbocycles. The number of pyridine rings is 1. The molecule has 2 N–H and O–H groups in total. The van der Waals surface area contributed by atoms with Gasteiger partial charge in [0.05, 0.1) is 6.61 Å². The van der Waals surface area contributed by atoms with Gasteiger partial charge in [0.25, 0.3) is 5.91 Å². The van der Waals surface area contributed by atoms with Crippen LogP contribution in [-0.2, 0) is 11.3 Å². The first-order chi connectivity index (χ1) is 8.74. The number of rotatable bonds is 4. The average Bonchev–Trinajstić information content (AvgIpc) is 2.87. The number of nitrogens with zero attached hydrogens (tertiary/aromatic N) is 2. The SMILES string of the molecule is COCC1CCN(C(=O)c2ccc(CN)cn2)C1. The molecule has 1 amide bonds. The van der Waals surface area contributed by atoms with Crippen LogP contribution in [0.25, 0.3) is 0 Å². The molecule has 2 heterocycles. The lowest BCUT2D eigenvalue weighted by atomic mass is 10.1. The van der Waals surface area contributed by atoms with Crippen LogP contribution < -0.4 is 5.73 Å². The highest BCUT2D eigenvalue weighted by molar-refractivity contribution is 5.92. The first-order valence-electron chi connectivity index (χ1n) is 6.17. The molecule has 1 aromatic rings. The zero-order chi connectivity index (χ0) is 13.0. The largest absolute Gasteiger partial charge is 0.384 e. The minimum atomic E-state index is -0.00262. The molecule has 5 nitrogen and oxygen atoms in total. The summed E-state index contributed by atoms with van der Waals surface area (Å²) in [6.45, 7) is 2.70. The van der Waals surface area contributed by atoms with Gasteiger partial charge in [-0.3, -0.25) is 9.78 Å². The highest BCUT2D eigenvalue weighted by Gasteiger charge is 2.27. The van der Waals surface area contributed by atoms with Crippen LogP contribution in [0.1, 0.15) is 22.5 Å². The van der Waals surface area contributed by atoms with Crippen molar-refractivity contribution < 1.29 is 9.53 Å². The van der Waals surface area contributed by atoms with Crippen LogP contribution in [-0.4, -0.2) is 42.6 Å². The van der Waals surface area contributed by atoms with Crippen molar-refractivity contribution in [3.8, 4) is 0 Å². The van der Waals surface area contributed by atoms with Gasteiger partial charge in [0.15, 0.2) is 0 Å². The maximum absolute atomic E-state index is 12.2. The van der Waals surface area contributed by atoms with E-state index in [1.165, 1.54) is 0 Å². The number of carbonyl (C=O) groups is 1. The topological polar surface area (TPSA) is 68.5 Å². The Morgan fingerprint density at radius 2 is 2.44 bits per heavy atom. The zero-order valence-corrected chi connectivity index (χ0v) is 10.6. The molecule has 5 heteroatoms. The molecule has 98 valence electrons. The zero-order valence-electron chi connectivity index (χ0n) is 10.6. The molecule has 1 fully saturated rings. The maximum atomic E-state index is 12.2. The van der Waals surface area contributed by atoms with Crippen molar-refractivity contribution in [3.63, 3.8) is 0 Å². The van der Waals surface area contributed by atoms with Crippen LogP contribution in [0.5, 0.6) is 0 Å². The fourth-order valence-corrected chi connectivity index (χ4v) is 2.22. The van der Waals surface area contributed by atoms with Crippen molar-refractivity contribution in [2.45, 2.75) is 13.0 Å². The Morgan fingerprint density at radius 3 is 3.06 bits per heavy atom. The molecule has 0 aromatic carbocycles. The molecule has 0 bridgehead atoms. The van der Waals surface area contributed by atoms with E-state index in [-0.39, 0.29) is 5.91 Å². The summed E-state index contributed by atoms with van der Waals surface area (Å²) in [5.74, 6) is 0.444. The number of hydrogen-bond donors (Lipinski definition) is 1. The summed E-state index contributed by atoms with van der Waals surface area (Å²) in [6.07, 6.45) is 2.66. The van der Waals surface area contributed by atoms with E-state index in [4.69, 9.17) is 10.5 Å². The van der Waals surface area contributed by atoms with E-state index >= 15 is 0 Å². The summed E-state index contributed by atoms with van der Waals surface area (Å²) in [6, 6.07) is 3.59. The van der Waals surface area contributed by atoms with Gasteiger partial charge in [0, 0.05) is 38.9 Å². The van der Waals surface area contributed by atoms with Crippen molar-refractivity contribution in [2.24, 2.45) is 11.7 Å². The van der Waals surface area contributed by atoms with Crippen LogP contribution in [0.3, 0.4) is 0 Å². The van der Waals surface area contributed by atoms with Gasteiger partial charge in [-0.1, -0.05) is 6.07 Å². The Hall–Kier alpha value is -1.46. The van der Waals surface area contributed by atoms with Gasteiger partial charge in [-0.2, -0.15) is 0 Å². The monoisotopic (exact) mass is 249 g/mol. The molecule has 1 aliphatic rings. The van der Waals surface area contributed by atoms with Gasteiger partial charge in [0.2, 0.25) is 0 Å². The molecule has 1 saturated heterocycles. The van der Waals surface area contributed by atoms with Crippen molar-refractivity contribution in [1.82, 2.24) is 9.88 Å². The number of aromatic nitrogens is 1. The van der Waals surface area contributed by atoms with Gasteiger partial charge in [0.1, 0.15) is 5.69 Å². The third kappa shape index (κ3) is 2.86. The Labute approximate surface area is 107 Å². The average molecular weight is 249 g/mol. The number of amides is 1. The van der Waals surface area contributed by atoms with E-state index in [0.29, 0.717) is 24.8 Å². The van der Waals surface area contributed by atoms with Gasteiger partial charge in [-0.05, 0) is 18.1 Å². The third-order valence-electron chi connectivity index (χ3n) is 3.25. The normalized spacial score (nSPS) is 19.2. The molecule has 18 heavy (non-hydrogen) atoms. The lowest BCUT2D eigenvalue weighted by molar-refractivity contribution is 0.0769. The van der Waals surface area contributed by atoms with E-state index in [1.807, 2.05) is 11.0 Å². The van der Waals surface area contributed by atoms with Gasteiger partial charge >= 0.3 is 0 Å². The molecular weight excluding hydrogens is 230 g/mol. The maximum Gasteiger partial charge on any atom is 0.272 e. The van der Waals surface area contributed by atoms with E-state index in [2.05, 4.69) is 4.98 Å². The number of methoxy groups -OCH3 is 1. The predicted molar refractivity (Wildman–Crippen MR) is 68.0 cm³/mol. The van der Waals surface area contributed by atoms with E-state index < -0.39 is 0 Å². The molecular formula is C13H19N3O2. The van der Waals surface area contributed by atoms with Gasteiger partial charge in [-0.25, -0.2) is 0 Å². The smallest absolute Gasteiger partial charge is 0.272 e. The fourth-order valence-electron chi connectivity index (χ4n) is 2.22. The van der Waals surface area contributed by atoms with Crippen molar-refractivity contribution in [2.75, 3.05) is 26.8 Å². The van der Waals surface area contributed by atoms with Crippen LogP contribution in [0.15, 0.2) is 18.3 Å². The second-order valence-corrected chi connectivity index (χ2v) is 4.62. The quantitative estimate of drug-likeness (QED) is 0.850. The Morgan fingerprint density at radius 1 is 1.61 bits per heavy atom. The van der Waals surface area contributed by atoms with Crippen LogP contribution in [0.2, 0.25) is 0 Å². The summed E-state index contributed by atoms with van der Waals surface area (Å²) in [5, 5.41) is 0. The van der Waals surface area contributed by atoms with Crippen LogP contribution in [0.4, 0.5) is 0 Å². The molecule has 2 rings (SSSR count). The molecule has 1 aromatic heterocycles. The number of carbonyl (C=O) groups excluding carboxylic acids is 1. The Balaban J connectivity index is 1.98. The number of ether oxygens (including phenoxy) is 1. The molecule has 1 atom stereocenters. The standard InChI is InChI=1S/C13H19N3O2/c1-18-9-11-4-5-16(8-11)13(17)12-3-2-10(6-14)7-15-12/h2-3,7,11H,4-6,8-9,14H2,1H3. The molecule has 0 spiro atoms. The highest BCUT2D eigenvalue weighted by Crippen LogP contribution is 2.18. The van der Waals surface area contributed by atoms with Crippen LogP contribution in [0, 0.1) is 5.92 Å². The Bertz CT molecular complexity index is 405. The second-order valence-electron chi connectivity index (χ2n) is 4.62. The van der Waals surface area contributed by atoms with E-state index in [9.17, 15) is 4.79 Å². The minimum Gasteiger partial charge on any atom is -0.384 e. The van der Waals surface area contributed by atoms with Gasteiger partial charge in [-0.15, -0.1) is 0 Å². The predicted octanol–water partition coefficient (Wildman–Crippen LogP) is 0.649. The summed E-state index contributed by atoms with van der Waals surface area (Å²) < 4.78 is 5.12. The fraction of sp³-hybridized carbons (Fsp3) is 0.538.